The maximum absolute atomic E-state index is 11.3. The lowest BCUT2D eigenvalue weighted by atomic mass is 10.4. The van der Waals surface area contributed by atoms with Gasteiger partial charge in [-0.25, -0.2) is 4.79 Å². The summed E-state index contributed by atoms with van der Waals surface area (Å²) >= 11 is 0. The van der Waals surface area contributed by atoms with Crippen molar-refractivity contribution in [3.8, 4) is 0 Å². The molecule has 1 heterocycles. The predicted molar refractivity (Wildman–Crippen MR) is 54.4 cm³/mol. The summed E-state index contributed by atoms with van der Waals surface area (Å²) in [5, 5.41) is -1.33. The smallest absolute Gasteiger partial charge is 0.344 e. The van der Waals surface area contributed by atoms with Gasteiger partial charge >= 0.3 is 5.97 Å². The number of ether oxygens (including phenoxy) is 1. The summed E-state index contributed by atoms with van der Waals surface area (Å²) in [5.74, 6) is -1.05. The quantitative estimate of drug-likeness (QED) is 0.364. The minimum absolute atomic E-state index is 0.738. The van der Waals surface area contributed by atoms with Crippen molar-refractivity contribution in [2.24, 2.45) is 0 Å². The summed E-state index contributed by atoms with van der Waals surface area (Å²) in [6, 6.07) is 0. The molecule has 0 saturated carbocycles. The number of carbonyl (C=O) groups excluding carboxylic acids is 1. The highest BCUT2D eigenvalue weighted by molar-refractivity contribution is 8.03. The van der Waals surface area contributed by atoms with Gasteiger partial charge < -0.3 is 4.74 Å². The van der Waals surface area contributed by atoms with Crippen LogP contribution >= 0.6 is 0 Å². The van der Waals surface area contributed by atoms with Crippen LogP contribution < -0.4 is 0 Å². The SMILES string of the molecule is C/C=C/OC(=O)C1COS(=O)(=O)CS(=O)(=O)O1. The summed E-state index contributed by atoms with van der Waals surface area (Å²) < 4.78 is 57.5. The first-order valence-corrected chi connectivity index (χ1v) is 7.51. The highest BCUT2D eigenvalue weighted by Gasteiger charge is 2.37. The van der Waals surface area contributed by atoms with Crippen LogP contribution in [0.5, 0.6) is 0 Å². The molecule has 1 rings (SSSR count). The maximum atomic E-state index is 11.3. The lowest BCUT2D eigenvalue weighted by Gasteiger charge is -2.09. The second kappa shape index (κ2) is 5.12. The van der Waals surface area contributed by atoms with Crippen LogP contribution in [0.4, 0.5) is 0 Å². The van der Waals surface area contributed by atoms with Crippen molar-refractivity contribution < 1.29 is 34.7 Å². The first kappa shape index (κ1) is 14.1. The Morgan fingerprint density at radius 2 is 1.94 bits per heavy atom. The fourth-order valence-corrected chi connectivity index (χ4v) is 3.65. The first-order valence-electron chi connectivity index (χ1n) is 4.35. The lowest BCUT2D eigenvalue weighted by molar-refractivity contribution is -0.147. The standard InChI is InChI=1S/C7H10O8S2/c1-2-3-13-7(8)6-4-14-16(9,10)5-17(11,12)15-6/h2-3,6H,4-5H2,1H3/b3-2+. The second-order valence-corrected chi connectivity index (χ2v) is 6.61. The van der Waals surface area contributed by atoms with Crippen LogP contribution in [0.3, 0.4) is 0 Å². The first-order chi connectivity index (χ1) is 7.76. The molecule has 0 aromatic heterocycles. The Morgan fingerprint density at radius 3 is 2.53 bits per heavy atom. The number of allylic oxidation sites excluding steroid dienone is 1. The fourth-order valence-electron chi connectivity index (χ4n) is 0.927. The largest absolute Gasteiger partial charge is 0.433 e. The zero-order valence-electron chi connectivity index (χ0n) is 8.73. The van der Waals surface area contributed by atoms with Gasteiger partial charge in [0.05, 0.1) is 6.26 Å². The van der Waals surface area contributed by atoms with Gasteiger partial charge in [-0.05, 0) is 6.92 Å². The molecule has 0 bridgehead atoms. The Morgan fingerprint density at radius 1 is 1.29 bits per heavy atom. The highest BCUT2D eigenvalue weighted by atomic mass is 32.3. The summed E-state index contributed by atoms with van der Waals surface area (Å²) in [6.45, 7) is 0.830. The van der Waals surface area contributed by atoms with Gasteiger partial charge in [-0.3, -0.25) is 8.37 Å². The molecule has 0 radical (unpaired) electrons. The van der Waals surface area contributed by atoms with E-state index < -0.39 is 44.0 Å². The van der Waals surface area contributed by atoms with Crippen LogP contribution in [0.1, 0.15) is 6.92 Å². The third kappa shape index (κ3) is 4.42. The molecule has 1 unspecified atom stereocenters. The van der Waals surface area contributed by atoms with Gasteiger partial charge in [0.1, 0.15) is 6.61 Å². The minimum Gasteiger partial charge on any atom is -0.433 e. The molecule has 1 fully saturated rings. The maximum Gasteiger partial charge on any atom is 0.344 e. The Labute approximate surface area is 98.4 Å². The van der Waals surface area contributed by atoms with Crippen molar-refractivity contribution in [3.05, 3.63) is 12.3 Å². The van der Waals surface area contributed by atoms with Crippen LogP contribution in [-0.4, -0.2) is 40.6 Å². The average molecular weight is 286 g/mol. The molecule has 10 heteroatoms. The van der Waals surface area contributed by atoms with E-state index >= 15 is 0 Å². The minimum atomic E-state index is -4.38. The van der Waals surface area contributed by atoms with Gasteiger partial charge in [-0.2, -0.15) is 16.8 Å². The zero-order valence-corrected chi connectivity index (χ0v) is 10.4. The molecule has 8 nitrogen and oxygen atoms in total. The van der Waals surface area contributed by atoms with Gasteiger partial charge in [0, 0.05) is 0 Å². The van der Waals surface area contributed by atoms with E-state index in [1.54, 1.807) is 6.92 Å². The lowest BCUT2D eigenvalue weighted by Crippen LogP contribution is -2.30. The van der Waals surface area contributed by atoms with Crippen LogP contribution in [-0.2, 0) is 38.1 Å². The molecule has 98 valence electrons. The predicted octanol–water partition coefficient (Wildman–Crippen LogP) is -0.904. The molecule has 0 amide bonds. The molecule has 1 aliphatic heterocycles. The fraction of sp³-hybridized carbons (Fsp3) is 0.571. The third-order valence-corrected chi connectivity index (χ3v) is 4.86. The van der Waals surface area contributed by atoms with E-state index in [4.69, 9.17) is 0 Å². The van der Waals surface area contributed by atoms with Crippen LogP contribution in [0, 0.1) is 0 Å². The number of rotatable bonds is 2. The molecular formula is C7H10O8S2. The molecule has 0 aromatic carbocycles. The van der Waals surface area contributed by atoms with Crippen LogP contribution in [0.15, 0.2) is 12.3 Å². The van der Waals surface area contributed by atoms with Gasteiger partial charge in [0.25, 0.3) is 20.2 Å². The van der Waals surface area contributed by atoms with E-state index in [2.05, 4.69) is 13.1 Å². The van der Waals surface area contributed by atoms with E-state index in [-0.39, 0.29) is 0 Å². The second-order valence-electron chi connectivity index (χ2n) is 3.01. The van der Waals surface area contributed by atoms with Crippen LogP contribution in [0.2, 0.25) is 0 Å². The molecule has 0 N–H and O–H groups in total. The zero-order chi connectivity index (χ0) is 13.1. The van der Waals surface area contributed by atoms with Gasteiger partial charge in [0.15, 0.2) is 6.10 Å². The van der Waals surface area contributed by atoms with E-state index in [0.29, 0.717) is 0 Å². The number of carbonyl (C=O) groups is 1. The topological polar surface area (TPSA) is 113 Å². The molecule has 0 aliphatic carbocycles. The summed E-state index contributed by atoms with van der Waals surface area (Å²) in [7, 11) is -8.64. The van der Waals surface area contributed by atoms with Crippen molar-refractivity contribution >= 4 is 26.2 Å². The summed E-state index contributed by atoms with van der Waals surface area (Å²) in [5.41, 5.74) is 0. The number of hydrogen-bond donors (Lipinski definition) is 0. The van der Waals surface area contributed by atoms with Crippen molar-refractivity contribution in [1.82, 2.24) is 0 Å². The summed E-state index contributed by atoms with van der Waals surface area (Å²) in [6.07, 6.45) is 0.770. The molecule has 0 aromatic rings. The third-order valence-electron chi connectivity index (χ3n) is 1.53. The Hall–Kier alpha value is -0.970. The number of hydrogen-bond acceptors (Lipinski definition) is 8. The van der Waals surface area contributed by atoms with E-state index in [9.17, 15) is 21.6 Å². The highest BCUT2D eigenvalue weighted by Crippen LogP contribution is 2.14. The van der Waals surface area contributed by atoms with Crippen molar-refractivity contribution in [1.29, 1.82) is 0 Å². The molecular weight excluding hydrogens is 276 g/mol. The Kier molecular flexibility index (Phi) is 4.25. The van der Waals surface area contributed by atoms with Gasteiger partial charge in [-0.15, -0.1) is 0 Å². The monoisotopic (exact) mass is 286 g/mol. The van der Waals surface area contributed by atoms with Crippen molar-refractivity contribution in [2.45, 2.75) is 13.0 Å². The molecule has 1 aliphatic rings. The Balaban J connectivity index is 2.87. The van der Waals surface area contributed by atoms with Crippen molar-refractivity contribution in [3.63, 3.8) is 0 Å². The molecule has 0 spiro atoms. The molecule has 17 heavy (non-hydrogen) atoms. The van der Waals surface area contributed by atoms with E-state index in [0.717, 1.165) is 6.26 Å². The number of esters is 1. The van der Waals surface area contributed by atoms with E-state index in [1.807, 2.05) is 0 Å². The van der Waals surface area contributed by atoms with E-state index in [1.165, 1.54) is 6.08 Å². The molecule has 1 atom stereocenters. The van der Waals surface area contributed by atoms with Gasteiger partial charge in [-0.1, -0.05) is 6.08 Å². The normalized spacial score (nSPS) is 27.5. The average Bonchev–Trinajstić information content (AvgIpc) is 2.29. The summed E-state index contributed by atoms with van der Waals surface area (Å²) in [4.78, 5) is 11.3. The van der Waals surface area contributed by atoms with Crippen molar-refractivity contribution in [2.75, 3.05) is 11.7 Å². The molecule has 1 saturated heterocycles. The Bertz CT molecular complexity index is 514. The van der Waals surface area contributed by atoms with Gasteiger partial charge in [0.2, 0.25) is 5.08 Å². The van der Waals surface area contributed by atoms with Crippen LogP contribution in [0.25, 0.3) is 0 Å².